The van der Waals surface area contributed by atoms with Crippen LogP contribution in [0.5, 0.6) is 0 Å². The molecule has 18 heavy (non-hydrogen) atoms. The molecular formula is C15H18N2O. The Morgan fingerprint density at radius 1 is 1.28 bits per heavy atom. The first-order valence-electron chi connectivity index (χ1n) is 6.53. The van der Waals surface area contributed by atoms with Gasteiger partial charge in [0.2, 0.25) is 0 Å². The largest absolute Gasteiger partial charge is 0.381 e. The highest BCUT2D eigenvalue weighted by molar-refractivity contribution is 5.84. The Hall–Kier alpha value is -1.45. The number of rotatable bonds is 4. The number of pyridine rings is 1. The fourth-order valence-corrected chi connectivity index (χ4v) is 2.48. The van der Waals surface area contributed by atoms with Crippen molar-refractivity contribution in [1.82, 2.24) is 10.3 Å². The number of hydrogen-bond acceptors (Lipinski definition) is 3. The Labute approximate surface area is 107 Å². The SMILES string of the molecule is c1ccc2c(CNCC3CCOC3)cncc2c1. The van der Waals surface area contributed by atoms with E-state index in [0.717, 1.165) is 26.3 Å². The normalized spacial score (nSPS) is 19.4. The smallest absolute Gasteiger partial charge is 0.0507 e. The van der Waals surface area contributed by atoms with Gasteiger partial charge in [0, 0.05) is 37.5 Å². The number of nitrogens with zero attached hydrogens (tertiary/aromatic N) is 1. The molecule has 3 heteroatoms. The van der Waals surface area contributed by atoms with E-state index in [1.165, 1.54) is 22.8 Å². The molecule has 1 fully saturated rings. The quantitative estimate of drug-likeness (QED) is 0.893. The van der Waals surface area contributed by atoms with Crippen LogP contribution in [0.1, 0.15) is 12.0 Å². The standard InChI is InChI=1S/C15H18N2O/c1-2-4-15-13(3-1)8-17-10-14(15)9-16-7-12-5-6-18-11-12/h1-4,8,10,12,16H,5-7,9,11H2. The fourth-order valence-electron chi connectivity index (χ4n) is 2.48. The van der Waals surface area contributed by atoms with E-state index in [0.29, 0.717) is 5.92 Å². The minimum atomic E-state index is 0.674. The van der Waals surface area contributed by atoms with Gasteiger partial charge in [-0.25, -0.2) is 0 Å². The van der Waals surface area contributed by atoms with Gasteiger partial charge in [-0.2, -0.15) is 0 Å². The molecule has 0 aliphatic carbocycles. The van der Waals surface area contributed by atoms with Gasteiger partial charge in [0.05, 0.1) is 6.61 Å². The molecule has 1 aromatic carbocycles. The van der Waals surface area contributed by atoms with Crippen LogP contribution < -0.4 is 5.32 Å². The van der Waals surface area contributed by atoms with Crippen molar-refractivity contribution in [2.75, 3.05) is 19.8 Å². The molecular weight excluding hydrogens is 224 g/mol. The van der Waals surface area contributed by atoms with Gasteiger partial charge in [0.1, 0.15) is 0 Å². The van der Waals surface area contributed by atoms with Gasteiger partial charge in [-0.05, 0) is 23.3 Å². The topological polar surface area (TPSA) is 34.1 Å². The second kappa shape index (κ2) is 5.46. The van der Waals surface area contributed by atoms with Crippen LogP contribution in [0.2, 0.25) is 0 Å². The third kappa shape index (κ3) is 2.52. The molecule has 0 spiro atoms. The van der Waals surface area contributed by atoms with Gasteiger partial charge in [0.15, 0.2) is 0 Å². The van der Waals surface area contributed by atoms with Crippen LogP contribution in [0.3, 0.4) is 0 Å². The summed E-state index contributed by atoms with van der Waals surface area (Å²) in [6.45, 7) is 3.73. The van der Waals surface area contributed by atoms with Gasteiger partial charge in [-0.1, -0.05) is 24.3 Å². The maximum absolute atomic E-state index is 5.38. The first kappa shape index (κ1) is 11.6. The fraction of sp³-hybridized carbons (Fsp3) is 0.400. The molecule has 1 aromatic heterocycles. The highest BCUT2D eigenvalue weighted by atomic mass is 16.5. The molecule has 94 valence electrons. The molecule has 1 aliphatic rings. The summed E-state index contributed by atoms with van der Waals surface area (Å²) in [4.78, 5) is 4.30. The molecule has 1 aliphatic heterocycles. The molecule has 1 saturated heterocycles. The molecule has 0 amide bonds. The molecule has 0 radical (unpaired) electrons. The van der Waals surface area contributed by atoms with E-state index in [4.69, 9.17) is 4.74 Å². The van der Waals surface area contributed by atoms with Crippen molar-refractivity contribution < 1.29 is 4.74 Å². The Morgan fingerprint density at radius 2 is 2.22 bits per heavy atom. The maximum Gasteiger partial charge on any atom is 0.0507 e. The van der Waals surface area contributed by atoms with Crippen LogP contribution in [-0.4, -0.2) is 24.7 Å². The Kier molecular flexibility index (Phi) is 3.53. The van der Waals surface area contributed by atoms with Crippen molar-refractivity contribution in [1.29, 1.82) is 0 Å². The van der Waals surface area contributed by atoms with Gasteiger partial charge in [-0.3, -0.25) is 4.98 Å². The third-order valence-corrected chi connectivity index (χ3v) is 3.52. The second-order valence-electron chi connectivity index (χ2n) is 4.88. The summed E-state index contributed by atoms with van der Waals surface area (Å²) in [5.74, 6) is 0.674. The van der Waals surface area contributed by atoms with Crippen LogP contribution in [0, 0.1) is 5.92 Å². The average Bonchev–Trinajstić information content (AvgIpc) is 2.92. The number of aromatic nitrogens is 1. The van der Waals surface area contributed by atoms with E-state index in [2.05, 4.69) is 34.6 Å². The van der Waals surface area contributed by atoms with Gasteiger partial charge >= 0.3 is 0 Å². The minimum Gasteiger partial charge on any atom is -0.381 e. The number of ether oxygens (including phenoxy) is 1. The molecule has 1 unspecified atom stereocenters. The summed E-state index contributed by atoms with van der Waals surface area (Å²) in [5, 5.41) is 6.02. The van der Waals surface area contributed by atoms with Crippen LogP contribution >= 0.6 is 0 Å². The van der Waals surface area contributed by atoms with E-state index >= 15 is 0 Å². The summed E-state index contributed by atoms with van der Waals surface area (Å²) in [5.41, 5.74) is 1.27. The second-order valence-corrected chi connectivity index (χ2v) is 4.88. The molecule has 0 bridgehead atoms. The summed E-state index contributed by atoms with van der Waals surface area (Å²) in [6.07, 6.45) is 5.06. The number of hydrogen-bond donors (Lipinski definition) is 1. The lowest BCUT2D eigenvalue weighted by Crippen LogP contribution is -2.22. The molecule has 1 N–H and O–H groups in total. The Bertz CT molecular complexity index is 515. The maximum atomic E-state index is 5.38. The van der Waals surface area contributed by atoms with Crippen LogP contribution in [-0.2, 0) is 11.3 Å². The summed E-state index contributed by atoms with van der Waals surface area (Å²) < 4.78 is 5.38. The van der Waals surface area contributed by atoms with Gasteiger partial charge in [-0.15, -0.1) is 0 Å². The van der Waals surface area contributed by atoms with Crippen molar-refractivity contribution in [3.05, 3.63) is 42.2 Å². The lowest BCUT2D eigenvalue weighted by Gasteiger charge is -2.10. The molecule has 2 heterocycles. The lowest BCUT2D eigenvalue weighted by molar-refractivity contribution is 0.185. The summed E-state index contributed by atoms with van der Waals surface area (Å²) >= 11 is 0. The highest BCUT2D eigenvalue weighted by Gasteiger charge is 2.14. The monoisotopic (exact) mass is 242 g/mol. The van der Waals surface area contributed by atoms with E-state index in [-0.39, 0.29) is 0 Å². The first-order chi connectivity index (χ1) is 8.93. The zero-order valence-electron chi connectivity index (χ0n) is 10.4. The first-order valence-corrected chi connectivity index (χ1v) is 6.53. The van der Waals surface area contributed by atoms with E-state index in [1.54, 1.807) is 0 Å². The van der Waals surface area contributed by atoms with E-state index in [9.17, 15) is 0 Å². The third-order valence-electron chi connectivity index (χ3n) is 3.52. The van der Waals surface area contributed by atoms with Crippen molar-refractivity contribution in [3.8, 4) is 0 Å². The minimum absolute atomic E-state index is 0.674. The van der Waals surface area contributed by atoms with Gasteiger partial charge < -0.3 is 10.1 Å². The number of fused-ring (bicyclic) bond motifs is 1. The Morgan fingerprint density at radius 3 is 3.11 bits per heavy atom. The van der Waals surface area contributed by atoms with Crippen molar-refractivity contribution >= 4 is 10.8 Å². The summed E-state index contributed by atoms with van der Waals surface area (Å²) in [6, 6.07) is 8.40. The van der Waals surface area contributed by atoms with Crippen molar-refractivity contribution in [2.24, 2.45) is 5.92 Å². The van der Waals surface area contributed by atoms with Crippen LogP contribution in [0.15, 0.2) is 36.7 Å². The lowest BCUT2D eigenvalue weighted by atomic mass is 10.1. The molecule has 3 rings (SSSR count). The molecule has 1 atom stereocenters. The number of benzene rings is 1. The molecule has 2 aromatic rings. The Balaban J connectivity index is 1.66. The van der Waals surface area contributed by atoms with E-state index in [1.807, 2.05) is 12.4 Å². The van der Waals surface area contributed by atoms with Crippen LogP contribution in [0.4, 0.5) is 0 Å². The highest BCUT2D eigenvalue weighted by Crippen LogP contribution is 2.17. The van der Waals surface area contributed by atoms with Crippen molar-refractivity contribution in [2.45, 2.75) is 13.0 Å². The number of nitrogens with one attached hydrogen (secondary N) is 1. The molecule has 0 saturated carbocycles. The van der Waals surface area contributed by atoms with Crippen molar-refractivity contribution in [3.63, 3.8) is 0 Å². The van der Waals surface area contributed by atoms with Gasteiger partial charge in [0.25, 0.3) is 0 Å². The summed E-state index contributed by atoms with van der Waals surface area (Å²) in [7, 11) is 0. The van der Waals surface area contributed by atoms with E-state index < -0.39 is 0 Å². The zero-order chi connectivity index (χ0) is 12.2. The predicted octanol–water partition coefficient (Wildman–Crippen LogP) is 2.36. The predicted molar refractivity (Wildman–Crippen MR) is 72.4 cm³/mol. The van der Waals surface area contributed by atoms with Crippen LogP contribution in [0.25, 0.3) is 10.8 Å². The zero-order valence-corrected chi connectivity index (χ0v) is 10.4. The average molecular weight is 242 g/mol. The molecule has 3 nitrogen and oxygen atoms in total.